The van der Waals surface area contributed by atoms with Gasteiger partial charge in [-0.2, -0.15) is 0 Å². The zero-order valence-corrected chi connectivity index (χ0v) is 25.6. The van der Waals surface area contributed by atoms with Crippen LogP contribution in [-0.2, 0) is 37.4 Å². The van der Waals surface area contributed by atoms with E-state index in [4.69, 9.17) is 4.74 Å². The molecule has 1 heterocycles. The maximum atomic E-state index is 14.6. The van der Waals surface area contributed by atoms with Crippen LogP contribution in [-0.4, -0.2) is 60.8 Å². The standard InChI is InChI=1S/C35H42N4O4/c1-7-31(40)38-23-43-20-18-30(38)34(42)39(29-16-14-27(15-17-29)35(3,4)5)32(24(2)11-10-19-36-6)33(41)37-28-21-25-12-8-9-13-26(25)22-28/h7-17,19,28,30,32H,1,6,18,20-23H2,2-5H3,(H,37,41)/b19-10-,24-11+. The van der Waals surface area contributed by atoms with Gasteiger partial charge in [-0.25, -0.2) is 0 Å². The minimum absolute atomic E-state index is 0.0299. The first-order valence-electron chi connectivity index (χ1n) is 14.7. The number of hydrogen-bond acceptors (Lipinski definition) is 5. The lowest BCUT2D eigenvalue weighted by Crippen LogP contribution is -2.60. The van der Waals surface area contributed by atoms with Gasteiger partial charge in [0.15, 0.2) is 0 Å². The van der Waals surface area contributed by atoms with Gasteiger partial charge in [0.25, 0.3) is 5.91 Å². The van der Waals surface area contributed by atoms with Crippen LogP contribution >= 0.6 is 0 Å². The van der Waals surface area contributed by atoms with Crippen LogP contribution in [0.15, 0.2) is 90.1 Å². The number of carbonyl (C=O) groups excluding carboxylic acids is 3. The fraction of sp³-hybridized carbons (Fsp3) is 0.371. The summed E-state index contributed by atoms with van der Waals surface area (Å²) in [6, 6.07) is 14.0. The van der Waals surface area contributed by atoms with E-state index < -0.39 is 18.0 Å². The second kappa shape index (κ2) is 13.8. The maximum absolute atomic E-state index is 14.6. The number of aliphatic imine (C=N–C) groups is 1. The minimum atomic E-state index is -0.991. The Bertz CT molecular complexity index is 1400. The normalized spacial score (nSPS) is 18.2. The monoisotopic (exact) mass is 582 g/mol. The Hall–Kier alpha value is -4.30. The van der Waals surface area contributed by atoms with Crippen molar-refractivity contribution in [2.24, 2.45) is 4.99 Å². The molecule has 43 heavy (non-hydrogen) atoms. The van der Waals surface area contributed by atoms with Gasteiger partial charge in [-0.1, -0.05) is 69.8 Å². The lowest BCUT2D eigenvalue weighted by atomic mass is 9.87. The van der Waals surface area contributed by atoms with Crippen LogP contribution in [0.1, 0.15) is 50.8 Å². The summed E-state index contributed by atoms with van der Waals surface area (Å²) < 4.78 is 5.53. The molecule has 3 amide bonds. The molecule has 2 aromatic rings. The average Bonchev–Trinajstić information content (AvgIpc) is 3.41. The largest absolute Gasteiger partial charge is 0.361 e. The predicted molar refractivity (Wildman–Crippen MR) is 171 cm³/mol. The van der Waals surface area contributed by atoms with E-state index in [9.17, 15) is 14.4 Å². The molecular weight excluding hydrogens is 540 g/mol. The Morgan fingerprint density at radius 2 is 1.74 bits per heavy atom. The molecule has 8 heteroatoms. The Balaban J connectivity index is 1.78. The number of allylic oxidation sites excluding steroid dienone is 2. The molecule has 0 saturated carbocycles. The van der Waals surface area contributed by atoms with Gasteiger partial charge >= 0.3 is 0 Å². The quantitative estimate of drug-likeness (QED) is 0.259. The van der Waals surface area contributed by atoms with Crippen LogP contribution in [0.4, 0.5) is 5.69 Å². The zero-order chi connectivity index (χ0) is 31.1. The van der Waals surface area contributed by atoms with Gasteiger partial charge in [-0.15, -0.1) is 0 Å². The van der Waals surface area contributed by atoms with Crippen LogP contribution in [0.2, 0.25) is 0 Å². The first-order chi connectivity index (χ1) is 20.5. The fourth-order valence-corrected chi connectivity index (χ4v) is 5.70. The topological polar surface area (TPSA) is 91.3 Å². The summed E-state index contributed by atoms with van der Waals surface area (Å²) in [4.78, 5) is 48.4. The number of amides is 3. The summed E-state index contributed by atoms with van der Waals surface area (Å²) in [6.45, 7) is 15.6. The van der Waals surface area contributed by atoms with Crippen LogP contribution < -0.4 is 10.2 Å². The van der Waals surface area contributed by atoms with E-state index in [1.807, 2.05) is 43.3 Å². The van der Waals surface area contributed by atoms with Crippen molar-refractivity contribution in [1.82, 2.24) is 10.2 Å². The summed E-state index contributed by atoms with van der Waals surface area (Å²) in [5.41, 5.74) is 4.61. The number of ether oxygens (including phenoxy) is 1. The number of carbonyl (C=O) groups is 3. The van der Waals surface area contributed by atoms with Crippen molar-refractivity contribution in [3.63, 3.8) is 0 Å². The second-order valence-electron chi connectivity index (χ2n) is 12.1. The van der Waals surface area contributed by atoms with Crippen molar-refractivity contribution in [2.45, 2.75) is 70.5 Å². The van der Waals surface area contributed by atoms with E-state index in [0.717, 1.165) is 5.56 Å². The Morgan fingerprint density at radius 1 is 1.09 bits per heavy atom. The Morgan fingerprint density at radius 3 is 2.33 bits per heavy atom. The van der Waals surface area contributed by atoms with E-state index in [0.29, 0.717) is 37.1 Å². The predicted octanol–water partition coefficient (Wildman–Crippen LogP) is 4.89. The van der Waals surface area contributed by atoms with Crippen molar-refractivity contribution in [3.8, 4) is 0 Å². The highest BCUT2D eigenvalue weighted by atomic mass is 16.5. The molecule has 4 rings (SSSR count). The van der Waals surface area contributed by atoms with Crippen molar-refractivity contribution < 1.29 is 19.1 Å². The van der Waals surface area contributed by atoms with Gasteiger partial charge in [-0.3, -0.25) is 24.3 Å². The van der Waals surface area contributed by atoms with E-state index in [-0.39, 0.29) is 30.0 Å². The van der Waals surface area contributed by atoms with E-state index in [1.165, 1.54) is 33.2 Å². The number of nitrogens with zero attached hydrogens (tertiary/aromatic N) is 3. The molecule has 2 atom stereocenters. The maximum Gasteiger partial charge on any atom is 0.250 e. The molecule has 2 aromatic carbocycles. The highest BCUT2D eigenvalue weighted by molar-refractivity contribution is 6.06. The molecule has 0 spiro atoms. The third-order valence-electron chi connectivity index (χ3n) is 8.02. The molecule has 1 aliphatic heterocycles. The number of hydrogen-bond donors (Lipinski definition) is 1. The molecule has 2 unspecified atom stereocenters. The molecule has 1 N–H and O–H groups in total. The van der Waals surface area contributed by atoms with Crippen LogP contribution in [0.3, 0.4) is 0 Å². The molecular formula is C35H42N4O4. The van der Waals surface area contributed by atoms with Gasteiger partial charge in [0.1, 0.15) is 18.8 Å². The Labute approximate surface area is 254 Å². The fourth-order valence-electron chi connectivity index (χ4n) is 5.70. The van der Waals surface area contributed by atoms with Crippen LogP contribution in [0.25, 0.3) is 0 Å². The average molecular weight is 583 g/mol. The van der Waals surface area contributed by atoms with Gasteiger partial charge < -0.3 is 15.0 Å². The van der Waals surface area contributed by atoms with Crippen molar-refractivity contribution >= 4 is 30.1 Å². The summed E-state index contributed by atoms with van der Waals surface area (Å²) in [6.07, 6.45) is 7.90. The summed E-state index contributed by atoms with van der Waals surface area (Å²) in [5, 5.41) is 3.23. The van der Waals surface area contributed by atoms with Crippen molar-refractivity contribution in [1.29, 1.82) is 0 Å². The number of benzene rings is 2. The second-order valence-corrected chi connectivity index (χ2v) is 12.1. The number of anilines is 1. The molecule has 1 aliphatic carbocycles. The molecule has 1 saturated heterocycles. The number of nitrogens with one attached hydrogen (secondary N) is 1. The lowest BCUT2D eigenvalue weighted by Gasteiger charge is -2.40. The minimum Gasteiger partial charge on any atom is -0.361 e. The first-order valence-corrected chi connectivity index (χ1v) is 14.7. The highest BCUT2D eigenvalue weighted by Gasteiger charge is 2.41. The van der Waals surface area contributed by atoms with Gasteiger partial charge in [0.2, 0.25) is 11.8 Å². The van der Waals surface area contributed by atoms with Gasteiger partial charge in [0, 0.05) is 24.4 Å². The molecule has 0 aromatic heterocycles. The highest BCUT2D eigenvalue weighted by Crippen LogP contribution is 2.30. The first kappa shape index (κ1) is 31.6. The van der Waals surface area contributed by atoms with Crippen molar-refractivity contribution in [2.75, 3.05) is 18.2 Å². The summed E-state index contributed by atoms with van der Waals surface area (Å²) in [5.74, 6) is -1.07. The van der Waals surface area contributed by atoms with E-state index >= 15 is 0 Å². The molecule has 8 nitrogen and oxygen atoms in total. The third kappa shape index (κ3) is 7.38. The summed E-state index contributed by atoms with van der Waals surface area (Å²) >= 11 is 0. The number of rotatable bonds is 9. The van der Waals surface area contributed by atoms with E-state index in [1.54, 1.807) is 12.2 Å². The van der Waals surface area contributed by atoms with E-state index in [2.05, 4.69) is 56.5 Å². The SMILES string of the molecule is C=CC(=O)N1COCCC1C(=O)N(c1ccc(C(C)(C)C)cc1)C(C(=O)NC1Cc2ccccc2C1)/C(C)=C/C=C\N=C. The molecule has 0 bridgehead atoms. The zero-order valence-electron chi connectivity index (χ0n) is 25.6. The molecule has 226 valence electrons. The molecule has 2 aliphatic rings. The van der Waals surface area contributed by atoms with Crippen LogP contribution in [0, 0.1) is 0 Å². The van der Waals surface area contributed by atoms with Crippen LogP contribution in [0.5, 0.6) is 0 Å². The Kier molecular flexibility index (Phi) is 10.1. The van der Waals surface area contributed by atoms with Gasteiger partial charge in [0.05, 0.1) is 6.61 Å². The molecule has 1 fully saturated rings. The smallest absolute Gasteiger partial charge is 0.250 e. The van der Waals surface area contributed by atoms with Gasteiger partial charge in [-0.05, 0) is 78.4 Å². The molecule has 0 radical (unpaired) electrons. The summed E-state index contributed by atoms with van der Waals surface area (Å²) in [7, 11) is 0. The third-order valence-corrected chi connectivity index (χ3v) is 8.02. The lowest BCUT2D eigenvalue weighted by molar-refractivity contribution is -0.149. The van der Waals surface area contributed by atoms with Crippen molar-refractivity contribution in [3.05, 3.63) is 102 Å². The number of fused-ring (bicyclic) bond motifs is 1.